The minimum Gasteiger partial charge on any atom is -0.490 e. The van der Waals surface area contributed by atoms with Crippen molar-refractivity contribution in [3.8, 4) is 11.5 Å². The van der Waals surface area contributed by atoms with Crippen LogP contribution in [0.4, 0.5) is 0 Å². The third kappa shape index (κ3) is 5.83. The van der Waals surface area contributed by atoms with E-state index in [-0.39, 0.29) is 0 Å². The van der Waals surface area contributed by atoms with Crippen LogP contribution in [0.2, 0.25) is 0 Å². The molecular formula is C23H27N2O2+. The van der Waals surface area contributed by atoms with Gasteiger partial charge in [0.2, 0.25) is 0 Å². The number of benzene rings is 2. The van der Waals surface area contributed by atoms with Gasteiger partial charge >= 0.3 is 0 Å². The molecule has 0 radical (unpaired) electrons. The van der Waals surface area contributed by atoms with Crippen LogP contribution in [0.15, 0.2) is 67.0 Å². The number of nitrogens with zero attached hydrogens (tertiary/aromatic N) is 1. The minimum atomic E-state index is 0.535. The standard InChI is InChI=1S/C23H26N2O2/c1-3-26-23-13-20(14-25-16-21-5-4-12-24-15-21)10-11-22(23)27-17-19-8-6-18(2)7-9-19/h4-13,15,25H,3,14,16-17H2,1-2H3/p+1. The van der Waals surface area contributed by atoms with Gasteiger partial charge in [0.1, 0.15) is 19.7 Å². The van der Waals surface area contributed by atoms with Crippen molar-refractivity contribution >= 4 is 0 Å². The number of rotatable bonds is 9. The van der Waals surface area contributed by atoms with E-state index in [2.05, 4.69) is 59.7 Å². The van der Waals surface area contributed by atoms with Gasteiger partial charge in [-0.1, -0.05) is 35.9 Å². The smallest absolute Gasteiger partial charge is 0.161 e. The lowest BCUT2D eigenvalue weighted by atomic mass is 10.1. The van der Waals surface area contributed by atoms with Gasteiger partial charge in [-0.25, -0.2) is 0 Å². The number of aryl methyl sites for hydroxylation is 1. The number of nitrogens with two attached hydrogens (primary N) is 1. The van der Waals surface area contributed by atoms with Crippen molar-refractivity contribution in [3.05, 3.63) is 89.2 Å². The second kappa shape index (κ2) is 9.74. The molecule has 0 aliphatic carbocycles. The first-order valence-corrected chi connectivity index (χ1v) is 9.39. The summed E-state index contributed by atoms with van der Waals surface area (Å²) >= 11 is 0. The van der Waals surface area contributed by atoms with Crippen molar-refractivity contribution in [3.63, 3.8) is 0 Å². The van der Waals surface area contributed by atoms with Gasteiger partial charge in [0.05, 0.1) is 6.61 Å². The number of hydrogen-bond acceptors (Lipinski definition) is 3. The van der Waals surface area contributed by atoms with Crippen LogP contribution in [0.3, 0.4) is 0 Å². The molecule has 0 atom stereocenters. The molecule has 0 fully saturated rings. The molecule has 1 heterocycles. The van der Waals surface area contributed by atoms with E-state index in [4.69, 9.17) is 9.47 Å². The molecule has 0 amide bonds. The minimum absolute atomic E-state index is 0.535. The van der Waals surface area contributed by atoms with Crippen LogP contribution in [0.25, 0.3) is 0 Å². The zero-order chi connectivity index (χ0) is 18.9. The third-order valence-corrected chi connectivity index (χ3v) is 4.31. The molecule has 1 aromatic heterocycles. The second-order valence-corrected chi connectivity index (χ2v) is 6.55. The van der Waals surface area contributed by atoms with E-state index < -0.39 is 0 Å². The monoisotopic (exact) mass is 363 g/mol. The maximum atomic E-state index is 6.00. The predicted molar refractivity (Wildman–Crippen MR) is 107 cm³/mol. The Balaban J connectivity index is 1.60. The maximum absolute atomic E-state index is 6.00. The van der Waals surface area contributed by atoms with Crippen LogP contribution in [0.1, 0.15) is 29.2 Å². The highest BCUT2D eigenvalue weighted by molar-refractivity contribution is 5.43. The number of ether oxygens (including phenoxy) is 2. The van der Waals surface area contributed by atoms with Gasteiger partial charge in [0.25, 0.3) is 0 Å². The summed E-state index contributed by atoms with van der Waals surface area (Å²) in [6.07, 6.45) is 3.71. The van der Waals surface area contributed by atoms with Crippen LogP contribution >= 0.6 is 0 Å². The zero-order valence-electron chi connectivity index (χ0n) is 16.0. The average molecular weight is 363 g/mol. The van der Waals surface area contributed by atoms with Gasteiger partial charge in [0.15, 0.2) is 11.5 Å². The number of aromatic nitrogens is 1. The van der Waals surface area contributed by atoms with Crippen LogP contribution in [-0.4, -0.2) is 11.6 Å². The van der Waals surface area contributed by atoms with Gasteiger partial charge in [-0.3, -0.25) is 4.98 Å². The molecule has 0 aliphatic heterocycles. The van der Waals surface area contributed by atoms with Crippen molar-refractivity contribution in [1.82, 2.24) is 4.98 Å². The first kappa shape index (κ1) is 18.9. The van der Waals surface area contributed by atoms with E-state index in [1.165, 1.54) is 16.7 Å². The molecular weight excluding hydrogens is 336 g/mol. The topological polar surface area (TPSA) is 48.0 Å². The summed E-state index contributed by atoms with van der Waals surface area (Å²) in [5.74, 6) is 1.59. The molecule has 2 aromatic carbocycles. The Kier molecular flexibility index (Phi) is 6.83. The molecule has 3 rings (SSSR count). The number of hydrogen-bond donors (Lipinski definition) is 1. The molecule has 0 bridgehead atoms. The van der Waals surface area contributed by atoms with Crippen LogP contribution < -0.4 is 14.8 Å². The van der Waals surface area contributed by atoms with E-state index in [1.54, 1.807) is 6.20 Å². The Hall–Kier alpha value is -2.85. The summed E-state index contributed by atoms with van der Waals surface area (Å²) in [7, 11) is 0. The third-order valence-electron chi connectivity index (χ3n) is 4.31. The van der Waals surface area contributed by atoms with Crippen molar-refractivity contribution in [2.24, 2.45) is 0 Å². The normalized spacial score (nSPS) is 10.6. The average Bonchev–Trinajstić information content (AvgIpc) is 2.70. The predicted octanol–water partition coefficient (Wildman–Crippen LogP) is 3.63. The fourth-order valence-corrected chi connectivity index (χ4v) is 2.84. The SMILES string of the molecule is CCOc1cc(C[NH2+]Cc2cccnc2)ccc1OCc1ccc(C)cc1. The van der Waals surface area contributed by atoms with Gasteiger partial charge in [-0.15, -0.1) is 0 Å². The molecule has 0 saturated heterocycles. The van der Waals surface area contributed by atoms with Gasteiger partial charge < -0.3 is 14.8 Å². The Morgan fingerprint density at radius 3 is 2.37 bits per heavy atom. The number of pyridine rings is 1. The highest BCUT2D eigenvalue weighted by Crippen LogP contribution is 2.29. The lowest BCUT2D eigenvalue weighted by Gasteiger charge is -2.13. The molecule has 4 heteroatoms. The summed E-state index contributed by atoms with van der Waals surface area (Å²) < 4.78 is 11.8. The first-order chi connectivity index (χ1) is 13.2. The van der Waals surface area contributed by atoms with Crippen molar-refractivity contribution in [2.45, 2.75) is 33.5 Å². The van der Waals surface area contributed by atoms with Crippen LogP contribution in [0.5, 0.6) is 11.5 Å². The van der Waals surface area contributed by atoms with Crippen molar-refractivity contribution in [1.29, 1.82) is 0 Å². The van der Waals surface area contributed by atoms with E-state index in [0.717, 1.165) is 30.2 Å². The lowest BCUT2D eigenvalue weighted by molar-refractivity contribution is -0.686. The Labute approximate surface area is 161 Å². The molecule has 140 valence electrons. The second-order valence-electron chi connectivity index (χ2n) is 6.55. The Morgan fingerprint density at radius 1 is 0.852 bits per heavy atom. The fraction of sp³-hybridized carbons (Fsp3) is 0.261. The number of quaternary nitrogens is 1. The van der Waals surface area contributed by atoms with E-state index in [9.17, 15) is 0 Å². The van der Waals surface area contributed by atoms with Crippen LogP contribution in [-0.2, 0) is 19.7 Å². The summed E-state index contributed by atoms with van der Waals surface area (Å²) in [4.78, 5) is 4.15. The highest BCUT2D eigenvalue weighted by Gasteiger charge is 2.08. The van der Waals surface area contributed by atoms with Crippen molar-refractivity contribution < 1.29 is 14.8 Å². The molecule has 27 heavy (non-hydrogen) atoms. The van der Waals surface area contributed by atoms with E-state index >= 15 is 0 Å². The zero-order valence-corrected chi connectivity index (χ0v) is 16.0. The van der Waals surface area contributed by atoms with E-state index in [1.807, 2.05) is 25.3 Å². The first-order valence-electron chi connectivity index (χ1n) is 9.39. The Morgan fingerprint density at radius 2 is 1.63 bits per heavy atom. The fourth-order valence-electron chi connectivity index (χ4n) is 2.84. The molecule has 2 N–H and O–H groups in total. The lowest BCUT2D eigenvalue weighted by Crippen LogP contribution is -2.80. The molecule has 0 aliphatic rings. The quantitative estimate of drug-likeness (QED) is 0.631. The molecule has 0 unspecified atom stereocenters. The molecule has 4 nitrogen and oxygen atoms in total. The largest absolute Gasteiger partial charge is 0.490 e. The Bertz CT molecular complexity index is 833. The summed E-state index contributed by atoms with van der Waals surface area (Å²) in [5.41, 5.74) is 4.84. The molecule has 0 saturated carbocycles. The summed E-state index contributed by atoms with van der Waals surface area (Å²) in [6, 6.07) is 18.6. The summed E-state index contributed by atoms with van der Waals surface area (Å²) in [6.45, 7) is 7.01. The van der Waals surface area contributed by atoms with Gasteiger partial charge in [0, 0.05) is 23.5 Å². The van der Waals surface area contributed by atoms with Gasteiger partial charge in [-0.2, -0.15) is 0 Å². The molecule has 0 spiro atoms. The van der Waals surface area contributed by atoms with Crippen LogP contribution in [0, 0.1) is 6.92 Å². The maximum Gasteiger partial charge on any atom is 0.161 e. The highest BCUT2D eigenvalue weighted by atomic mass is 16.5. The van der Waals surface area contributed by atoms with Crippen molar-refractivity contribution in [2.75, 3.05) is 6.61 Å². The van der Waals surface area contributed by atoms with E-state index in [0.29, 0.717) is 13.2 Å². The van der Waals surface area contributed by atoms with Gasteiger partial charge in [-0.05, 0) is 43.7 Å². The summed E-state index contributed by atoms with van der Waals surface area (Å²) in [5, 5.41) is 2.26. The molecule has 3 aromatic rings.